The molecule has 198 valence electrons. The second-order valence-electron chi connectivity index (χ2n) is 10.6. The predicted octanol–water partition coefficient (Wildman–Crippen LogP) is 5.92. The number of pyridine rings is 1. The number of amides is 1. The van der Waals surface area contributed by atoms with Crippen molar-refractivity contribution in [2.75, 3.05) is 5.32 Å². The lowest BCUT2D eigenvalue weighted by atomic mass is 9.62. The highest BCUT2D eigenvalue weighted by molar-refractivity contribution is 6.31. The summed E-state index contributed by atoms with van der Waals surface area (Å²) in [6.45, 7) is 5.87. The fourth-order valence-corrected chi connectivity index (χ4v) is 5.61. The minimum Gasteiger partial charge on any atom is -0.327 e. The minimum absolute atomic E-state index is 0.000993. The first-order chi connectivity index (χ1) is 17.9. The molecule has 0 aliphatic carbocycles. The molecule has 1 unspecified atom stereocenters. The Kier molecular flexibility index (Phi) is 7.67. The normalized spacial score (nSPS) is 23.2. The average Bonchev–Trinajstić information content (AvgIpc) is 3.15. The van der Waals surface area contributed by atoms with E-state index >= 15 is 8.78 Å². The van der Waals surface area contributed by atoms with E-state index in [1.807, 2.05) is 20.8 Å². The highest BCUT2D eigenvalue weighted by Gasteiger charge is 2.61. The molecule has 2 heterocycles. The number of aromatic nitrogens is 1. The standard InChI is InChI=1S/C28H26Cl2F2N4O2/c1-27(2,3)12-21-28(14-33,18-9-7-15(29)11-20(18)31)23(17-5-4-6-19(30)24(17)32)25(36-21)26(38)35-16-8-10-22(37)34-13-16/h4-11,13,21,23,25,36H,12H2,1-3H3,(H,34,37)(H,35,38)/t21?,23-,25+,28-/m1/s1. The first-order valence-corrected chi connectivity index (χ1v) is 12.7. The van der Waals surface area contributed by atoms with Gasteiger partial charge in [-0.2, -0.15) is 5.26 Å². The van der Waals surface area contributed by atoms with Crippen LogP contribution in [0.25, 0.3) is 0 Å². The Balaban J connectivity index is 1.97. The number of nitrogens with zero attached hydrogens (tertiary/aromatic N) is 1. The van der Waals surface area contributed by atoms with Crippen LogP contribution in [0.15, 0.2) is 59.5 Å². The van der Waals surface area contributed by atoms with Gasteiger partial charge in [0.1, 0.15) is 17.0 Å². The van der Waals surface area contributed by atoms with E-state index in [4.69, 9.17) is 23.2 Å². The molecule has 38 heavy (non-hydrogen) atoms. The van der Waals surface area contributed by atoms with Gasteiger partial charge in [-0.25, -0.2) is 8.78 Å². The summed E-state index contributed by atoms with van der Waals surface area (Å²) in [5, 5.41) is 16.7. The van der Waals surface area contributed by atoms with Gasteiger partial charge in [0.2, 0.25) is 11.5 Å². The van der Waals surface area contributed by atoms with Gasteiger partial charge in [-0.15, -0.1) is 0 Å². The maximum atomic E-state index is 15.6. The van der Waals surface area contributed by atoms with Crippen LogP contribution in [-0.2, 0) is 10.2 Å². The molecule has 4 atom stereocenters. The molecule has 3 aromatic rings. The molecular formula is C28H26Cl2F2N4O2. The quantitative estimate of drug-likeness (QED) is 0.362. The van der Waals surface area contributed by atoms with Crippen LogP contribution in [0.5, 0.6) is 0 Å². The second-order valence-corrected chi connectivity index (χ2v) is 11.5. The molecule has 1 aliphatic rings. The zero-order valence-corrected chi connectivity index (χ0v) is 22.4. The van der Waals surface area contributed by atoms with Crippen molar-refractivity contribution >= 4 is 34.8 Å². The highest BCUT2D eigenvalue weighted by Crippen LogP contribution is 2.52. The summed E-state index contributed by atoms with van der Waals surface area (Å²) in [4.78, 5) is 27.7. The molecule has 1 fully saturated rings. The SMILES string of the molecule is CC(C)(C)CC1N[C@H](C(=O)Nc2ccc(=O)[nH]c2)[C@@H](c2cccc(Cl)c2F)[C@]1(C#N)c1ccc(Cl)cc1F. The third kappa shape index (κ3) is 5.19. The maximum absolute atomic E-state index is 15.6. The fraction of sp³-hybridized carbons (Fsp3) is 0.321. The molecule has 3 N–H and O–H groups in total. The van der Waals surface area contributed by atoms with Gasteiger partial charge in [-0.05, 0) is 41.7 Å². The number of hydrogen-bond donors (Lipinski definition) is 3. The van der Waals surface area contributed by atoms with E-state index < -0.39 is 41.0 Å². The largest absolute Gasteiger partial charge is 0.327 e. The zero-order valence-electron chi connectivity index (χ0n) is 20.9. The molecule has 6 nitrogen and oxygen atoms in total. The van der Waals surface area contributed by atoms with E-state index in [0.29, 0.717) is 12.1 Å². The Bertz CT molecular complexity index is 1460. The summed E-state index contributed by atoms with van der Waals surface area (Å²) in [6.07, 6.45) is 1.68. The molecule has 10 heteroatoms. The monoisotopic (exact) mass is 558 g/mol. The van der Waals surface area contributed by atoms with Crippen LogP contribution in [-0.4, -0.2) is 23.0 Å². The van der Waals surface area contributed by atoms with Crippen molar-refractivity contribution < 1.29 is 13.6 Å². The van der Waals surface area contributed by atoms with E-state index in [2.05, 4.69) is 21.7 Å². The average molecular weight is 559 g/mol. The first-order valence-electron chi connectivity index (χ1n) is 11.9. The lowest BCUT2D eigenvalue weighted by Gasteiger charge is -2.37. The van der Waals surface area contributed by atoms with E-state index in [9.17, 15) is 14.9 Å². The van der Waals surface area contributed by atoms with Crippen LogP contribution in [0.3, 0.4) is 0 Å². The van der Waals surface area contributed by atoms with Crippen LogP contribution < -0.4 is 16.2 Å². The molecule has 0 spiro atoms. The van der Waals surface area contributed by atoms with E-state index in [1.54, 1.807) is 0 Å². The summed E-state index contributed by atoms with van der Waals surface area (Å²) in [5.74, 6) is -3.31. The van der Waals surface area contributed by atoms with Gasteiger partial charge in [-0.3, -0.25) is 9.59 Å². The van der Waals surface area contributed by atoms with Crippen molar-refractivity contribution in [1.29, 1.82) is 5.26 Å². The number of carbonyl (C=O) groups excluding carboxylic acids is 1. The summed E-state index contributed by atoms with van der Waals surface area (Å²) in [5.41, 5.74) is -2.15. The molecular weight excluding hydrogens is 533 g/mol. The van der Waals surface area contributed by atoms with Crippen molar-refractivity contribution in [2.45, 2.75) is 50.6 Å². The van der Waals surface area contributed by atoms with Gasteiger partial charge in [0.15, 0.2) is 0 Å². The number of benzene rings is 2. The van der Waals surface area contributed by atoms with Crippen LogP contribution in [0, 0.1) is 28.4 Å². The molecule has 1 aliphatic heterocycles. The molecule has 0 radical (unpaired) electrons. The Labute approximate surface area is 229 Å². The van der Waals surface area contributed by atoms with Crippen LogP contribution in [0.1, 0.15) is 44.2 Å². The number of aromatic amines is 1. The molecule has 1 saturated heterocycles. The molecule has 4 rings (SSSR count). The van der Waals surface area contributed by atoms with E-state index in [0.717, 1.165) is 6.07 Å². The first kappa shape index (κ1) is 27.8. The van der Waals surface area contributed by atoms with Gasteiger partial charge < -0.3 is 15.6 Å². The number of hydrogen-bond acceptors (Lipinski definition) is 4. The lowest BCUT2D eigenvalue weighted by molar-refractivity contribution is -0.118. The maximum Gasteiger partial charge on any atom is 0.248 e. The lowest BCUT2D eigenvalue weighted by Crippen LogP contribution is -2.45. The number of nitriles is 1. The van der Waals surface area contributed by atoms with Crippen molar-refractivity contribution in [1.82, 2.24) is 10.3 Å². The number of nitrogens with one attached hydrogen (secondary N) is 3. The number of rotatable bonds is 5. The van der Waals surface area contributed by atoms with Crippen LogP contribution in [0.2, 0.25) is 10.0 Å². The second kappa shape index (κ2) is 10.5. The highest BCUT2D eigenvalue weighted by atomic mass is 35.5. The third-order valence-corrected chi connectivity index (χ3v) is 7.31. The Morgan fingerprint density at radius 1 is 1.16 bits per heavy atom. The minimum atomic E-state index is -1.72. The van der Waals surface area contributed by atoms with E-state index in [1.165, 1.54) is 48.7 Å². The van der Waals surface area contributed by atoms with Crippen molar-refractivity contribution in [3.8, 4) is 6.07 Å². The zero-order chi connectivity index (χ0) is 27.8. The van der Waals surface area contributed by atoms with Crippen molar-refractivity contribution in [3.05, 3.63) is 97.9 Å². The van der Waals surface area contributed by atoms with Gasteiger partial charge in [0.25, 0.3) is 0 Å². The van der Waals surface area contributed by atoms with Gasteiger partial charge >= 0.3 is 0 Å². The number of H-pyrrole nitrogens is 1. The summed E-state index contributed by atoms with van der Waals surface area (Å²) < 4.78 is 31.2. The third-order valence-electron chi connectivity index (χ3n) is 6.78. The topological polar surface area (TPSA) is 97.8 Å². The smallest absolute Gasteiger partial charge is 0.248 e. The number of halogens is 4. The van der Waals surface area contributed by atoms with Gasteiger partial charge in [0.05, 0.1) is 22.8 Å². The summed E-state index contributed by atoms with van der Waals surface area (Å²) in [7, 11) is 0. The molecule has 2 aromatic carbocycles. The van der Waals surface area contributed by atoms with E-state index in [-0.39, 0.29) is 32.1 Å². The van der Waals surface area contributed by atoms with Crippen molar-refractivity contribution in [2.24, 2.45) is 5.41 Å². The molecule has 1 aromatic heterocycles. The van der Waals surface area contributed by atoms with Gasteiger partial charge in [-0.1, -0.05) is 62.2 Å². The van der Waals surface area contributed by atoms with Crippen molar-refractivity contribution in [3.63, 3.8) is 0 Å². The summed E-state index contributed by atoms with van der Waals surface area (Å²) >= 11 is 12.2. The van der Waals surface area contributed by atoms with Gasteiger partial charge in [0, 0.05) is 34.8 Å². The fourth-order valence-electron chi connectivity index (χ4n) is 5.27. The van der Waals surface area contributed by atoms with Crippen LogP contribution in [0.4, 0.5) is 14.5 Å². The Hall–Kier alpha value is -3.25. The van der Waals surface area contributed by atoms with Crippen LogP contribution >= 0.6 is 23.2 Å². The number of anilines is 1. The number of carbonyl (C=O) groups is 1. The Morgan fingerprint density at radius 3 is 2.50 bits per heavy atom. The Morgan fingerprint density at radius 2 is 1.89 bits per heavy atom. The molecule has 0 bridgehead atoms. The predicted molar refractivity (Wildman–Crippen MR) is 143 cm³/mol. The summed E-state index contributed by atoms with van der Waals surface area (Å²) in [6, 6.07) is 11.3. The molecule has 0 saturated carbocycles. The molecule has 1 amide bonds.